The first-order valence-corrected chi connectivity index (χ1v) is 7.74. The molecule has 0 aliphatic heterocycles. The average molecular weight is 302 g/mol. The van der Waals surface area contributed by atoms with E-state index in [2.05, 4.69) is 12.1 Å². The van der Waals surface area contributed by atoms with E-state index in [-0.39, 0.29) is 5.91 Å². The summed E-state index contributed by atoms with van der Waals surface area (Å²) in [5, 5.41) is 0. The molecule has 0 fully saturated rings. The third kappa shape index (κ3) is 5.24. The highest BCUT2D eigenvalue weighted by Crippen LogP contribution is 2.09. The molecule has 0 saturated carbocycles. The van der Waals surface area contributed by atoms with Crippen molar-refractivity contribution in [3.8, 4) is 0 Å². The number of carbonyl (C=O) groups is 1. The molecule has 21 heavy (non-hydrogen) atoms. The van der Waals surface area contributed by atoms with Gasteiger partial charge in [-0.1, -0.05) is 60.7 Å². The van der Waals surface area contributed by atoms with Gasteiger partial charge < -0.3 is 4.90 Å². The standard InChI is InChI=1S/C18H20ClNO/c19-13-11-18(21)20(15-17-9-5-2-6-10-17)14-12-16-7-3-1-4-8-16/h1-10H,11-15H2. The van der Waals surface area contributed by atoms with Gasteiger partial charge in [-0.25, -0.2) is 0 Å². The molecule has 0 spiro atoms. The Morgan fingerprint density at radius 3 is 2.05 bits per heavy atom. The molecule has 1 amide bonds. The number of alkyl halides is 1. The zero-order chi connectivity index (χ0) is 14.9. The first-order chi connectivity index (χ1) is 10.3. The second-order valence-corrected chi connectivity index (χ2v) is 5.35. The van der Waals surface area contributed by atoms with Gasteiger partial charge in [0.15, 0.2) is 0 Å². The molecule has 0 heterocycles. The first-order valence-electron chi connectivity index (χ1n) is 7.21. The van der Waals surface area contributed by atoms with E-state index in [1.165, 1.54) is 5.56 Å². The van der Waals surface area contributed by atoms with Crippen molar-refractivity contribution >= 4 is 17.5 Å². The van der Waals surface area contributed by atoms with Gasteiger partial charge in [0, 0.05) is 25.4 Å². The molecule has 2 aromatic carbocycles. The summed E-state index contributed by atoms with van der Waals surface area (Å²) in [6, 6.07) is 20.3. The largest absolute Gasteiger partial charge is 0.338 e. The maximum absolute atomic E-state index is 12.2. The minimum atomic E-state index is 0.116. The van der Waals surface area contributed by atoms with E-state index in [1.54, 1.807) is 0 Å². The van der Waals surface area contributed by atoms with E-state index in [1.807, 2.05) is 53.4 Å². The molecule has 0 radical (unpaired) electrons. The molecular weight excluding hydrogens is 282 g/mol. The number of hydrogen-bond donors (Lipinski definition) is 0. The Labute approximate surface area is 131 Å². The molecule has 0 aliphatic carbocycles. The van der Waals surface area contributed by atoms with Gasteiger partial charge in [-0.05, 0) is 17.5 Å². The summed E-state index contributed by atoms with van der Waals surface area (Å²) in [5.41, 5.74) is 2.39. The topological polar surface area (TPSA) is 20.3 Å². The summed E-state index contributed by atoms with van der Waals surface area (Å²) in [7, 11) is 0. The highest BCUT2D eigenvalue weighted by atomic mass is 35.5. The predicted octanol–water partition coefficient (Wildman–Crippen LogP) is 3.89. The molecule has 0 saturated heterocycles. The summed E-state index contributed by atoms with van der Waals surface area (Å²) in [4.78, 5) is 14.1. The fourth-order valence-electron chi connectivity index (χ4n) is 2.24. The molecule has 110 valence electrons. The van der Waals surface area contributed by atoms with Crippen LogP contribution in [0.2, 0.25) is 0 Å². The van der Waals surface area contributed by atoms with Crippen LogP contribution in [-0.2, 0) is 17.8 Å². The number of amides is 1. The highest BCUT2D eigenvalue weighted by molar-refractivity contribution is 6.18. The van der Waals surface area contributed by atoms with Gasteiger partial charge in [0.05, 0.1) is 0 Å². The van der Waals surface area contributed by atoms with Crippen molar-refractivity contribution in [3.63, 3.8) is 0 Å². The Morgan fingerprint density at radius 1 is 0.905 bits per heavy atom. The number of benzene rings is 2. The number of rotatable bonds is 7. The summed E-state index contributed by atoms with van der Waals surface area (Å²) in [5.74, 6) is 0.486. The molecule has 0 N–H and O–H groups in total. The van der Waals surface area contributed by atoms with Gasteiger partial charge in [0.1, 0.15) is 0 Å². The minimum Gasteiger partial charge on any atom is -0.338 e. The van der Waals surface area contributed by atoms with Crippen LogP contribution < -0.4 is 0 Å². The van der Waals surface area contributed by atoms with E-state index < -0.39 is 0 Å². The lowest BCUT2D eigenvalue weighted by atomic mass is 10.1. The summed E-state index contributed by atoms with van der Waals surface area (Å²) < 4.78 is 0. The van der Waals surface area contributed by atoms with Crippen LogP contribution in [0.4, 0.5) is 0 Å². The molecule has 2 aromatic rings. The number of halogens is 1. The molecular formula is C18H20ClNO. The van der Waals surface area contributed by atoms with E-state index in [0.29, 0.717) is 25.4 Å². The second-order valence-electron chi connectivity index (χ2n) is 4.98. The van der Waals surface area contributed by atoms with Crippen molar-refractivity contribution in [2.24, 2.45) is 0 Å². The Hall–Kier alpha value is -1.80. The Bertz CT molecular complexity index is 542. The molecule has 2 nitrogen and oxygen atoms in total. The van der Waals surface area contributed by atoms with Crippen molar-refractivity contribution in [1.29, 1.82) is 0 Å². The highest BCUT2D eigenvalue weighted by Gasteiger charge is 2.13. The van der Waals surface area contributed by atoms with Crippen LogP contribution in [0, 0.1) is 0 Å². The van der Waals surface area contributed by atoms with E-state index >= 15 is 0 Å². The van der Waals surface area contributed by atoms with Crippen LogP contribution in [0.25, 0.3) is 0 Å². The van der Waals surface area contributed by atoms with Crippen LogP contribution in [0.5, 0.6) is 0 Å². The fraction of sp³-hybridized carbons (Fsp3) is 0.278. The molecule has 0 aromatic heterocycles. The van der Waals surface area contributed by atoms with E-state index in [4.69, 9.17) is 11.6 Å². The monoisotopic (exact) mass is 301 g/mol. The smallest absolute Gasteiger partial charge is 0.224 e. The molecule has 0 aliphatic rings. The number of hydrogen-bond acceptors (Lipinski definition) is 1. The zero-order valence-electron chi connectivity index (χ0n) is 12.0. The van der Waals surface area contributed by atoms with Gasteiger partial charge >= 0.3 is 0 Å². The van der Waals surface area contributed by atoms with Gasteiger partial charge in [-0.3, -0.25) is 4.79 Å². The maximum atomic E-state index is 12.2. The van der Waals surface area contributed by atoms with Gasteiger partial charge in [-0.15, -0.1) is 11.6 Å². The Balaban J connectivity index is 2.00. The number of carbonyl (C=O) groups excluding carboxylic acids is 1. The van der Waals surface area contributed by atoms with Crippen molar-refractivity contribution in [2.75, 3.05) is 12.4 Å². The van der Waals surface area contributed by atoms with E-state index in [0.717, 1.165) is 12.0 Å². The molecule has 2 rings (SSSR count). The Morgan fingerprint density at radius 2 is 1.48 bits per heavy atom. The predicted molar refractivity (Wildman–Crippen MR) is 87.3 cm³/mol. The lowest BCUT2D eigenvalue weighted by molar-refractivity contribution is -0.131. The lowest BCUT2D eigenvalue weighted by Crippen LogP contribution is -2.32. The van der Waals surface area contributed by atoms with Gasteiger partial charge in [-0.2, -0.15) is 0 Å². The SMILES string of the molecule is O=C(CCCl)N(CCc1ccccc1)Cc1ccccc1. The molecule has 3 heteroatoms. The van der Waals surface area contributed by atoms with Crippen LogP contribution in [-0.4, -0.2) is 23.2 Å². The molecule has 0 bridgehead atoms. The maximum Gasteiger partial charge on any atom is 0.224 e. The third-order valence-corrected chi connectivity index (χ3v) is 3.58. The van der Waals surface area contributed by atoms with Crippen molar-refractivity contribution in [1.82, 2.24) is 4.90 Å². The van der Waals surface area contributed by atoms with Crippen molar-refractivity contribution < 1.29 is 4.79 Å². The molecule has 0 unspecified atom stereocenters. The van der Waals surface area contributed by atoms with Crippen LogP contribution in [0.1, 0.15) is 17.5 Å². The summed E-state index contributed by atoms with van der Waals surface area (Å²) in [6.07, 6.45) is 1.25. The quantitative estimate of drug-likeness (QED) is 0.711. The minimum absolute atomic E-state index is 0.116. The summed E-state index contributed by atoms with van der Waals surface area (Å²) in [6.45, 7) is 1.36. The van der Waals surface area contributed by atoms with Gasteiger partial charge in [0.2, 0.25) is 5.91 Å². The van der Waals surface area contributed by atoms with Crippen molar-refractivity contribution in [3.05, 3.63) is 71.8 Å². The summed E-state index contributed by atoms with van der Waals surface area (Å²) >= 11 is 5.71. The van der Waals surface area contributed by atoms with Crippen LogP contribution >= 0.6 is 11.6 Å². The lowest BCUT2D eigenvalue weighted by Gasteiger charge is -2.22. The van der Waals surface area contributed by atoms with Crippen LogP contribution in [0.15, 0.2) is 60.7 Å². The van der Waals surface area contributed by atoms with Crippen molar-refractivity contribution in [2.45, 2.75) is 19.4 Å². The third-order valence-electron chi connectivity index (χ3n) is 3.39. The average Bonchev–Trinajstić information content (AvgIpc) is 2.53. The zero-order valence-corrected chi connectivity index (χ0v) is 12.8. The van der Waals surface area contributed by atoms with E-state index in [9.17, 15) is 4.79 Å². The second kappa shape index (κ2) is 8.48. The first kappa shape index (κ1) is 15.6. The Kier molecular flexibility index (Phi) is 6.29. The van der Waals surface area contributed by atoms with Crippen LogP contribution in [0.3, 0.4) is 0 Å². The normalized spacial score (nSPS) is 10.3. The number of nitrogens with zero attached hydrogens (tertiary/aromatic N) is 1. The van der Waals surface area contributed by atoms with Gasteiger partial charge in [0.25, 0.3) is 0 Å². The fourth-order valence-corrected chi connectivity index (χ4v) is 2.41. The molecule has 0 atom stereocenters.